The number of hydrazone groups is 1. The fourth-order valence-corrected chi connectivity index (χ4v) is 1.35. The molecule has 0 atom stereocenters. The summed E-state index contributed by atoms with van der Waals surface area (Å²) in [6.07, 6.45) is 3.19. The predicted octanol–water partition coefficient (Wildman–Crippen LogP) is 1.10. The number of nitrogens with one attached hydrogen (secondary N) is 2. The van der Waals surface area contributed by atoms with E-state index in [1.807, 2.05) is 13.8 Å². The minimum atomic E-state index is -0.350. The van der Waals surface area contributed by atoms with Gasteiger partial charge in [0.2, 0.25) is 5.91 Å². The number of rotatable bonds is 5. The van der Waals surface area contributed by atoms with Crippen LogP contribution in [0.15, 0.2) is 29.6 Å². The van der Waals surface area contributed by atoms with E-state index in [-0.39, 0.29) is 24.3 Å². The molecule has 0 radical (unpaired) electrons. The van der Waals surface area contributed by atoms with Crippen LogP contribution in [0.25, 0.3) is 0 Å². The normalized spacial score (nSPS) is 11.3. The molecular weight excluding hydrogens is 244 g/mol. The third-order valence-electron chi connectivity index (χ3n) is 2.14. The van der Waals surface area contributed by atoms with Crippen molar-refractivity contribution in [1.29, 1.82) is 0 Å². The van der Waals surface area contributed by atoms with Crippen LogP contribution < -0.4 is 10.7 Å². The van der Waals surface area contributed by atoms with Gasteiger partial charge in [-0.15, -0.1) is 0 Å². The Morgan fingerprint density at radius 1 is 1.42 bits per heavy atom. The number of nitrogens with zero attached hydrogens (tertiary/aromatic N) is 2. The van der Waals surface area contributed by atoms with Gasteiger partial charge in [0.25, 0.3) is 5.91 Å². The molecule has 0 aliphatic carbocycles. The van der Waals surface area contributed by atoms with Crippen LogP contribution in [0.5, 0.6) is 0 Å². The van der Waals surface area contributed by atoms with Crippen molar-refractivity contribution in [2.75, 3.05) is 0 Å². The van der Waals surface area contributed by atoms with E-state index >= 15 is 0 Å². The van der Waals surface area contributed by atoms with Gasteiger partial charge in [0.05, 0.1) is 12.0 Å². The Labute approximate surface area is 112 Å². The van der Waals surface area contributed by atoms with E-state index in [1.54, 1.807) is 25.3 Å². The Hall–Kier alpha value is -2.24. The SMILES string of the molecule is C/C(CC(=O)NC(C)C)=N/NC(=O)c1cccnc1. The van der Waals surface area contributed by atoms with Gasteiger partial charge in [0.1, 0.15) is 0 Å². The molecule has 0 saturated carbocycles. The Balaban J connectivity index is 2.48. The molecule has 102 valence electrons. The topological polar surface area (TPSA) is 83.5 Å². The van der Waals surface area contributed by atoms with Gasteiger partial charge in [-0.3, -0.25) is 14.6 Å². The zero-order valence-electron chi connectivity index (χ0n) is 11.3. The quantitative estimate of drug-likeness (QED) is 0.615. The first-order valence-electron chi connectivity index (χ1n) is 6.02. The van der Waals surface area contributed by atoms with Gasteiger partial charge in [0, 0.05) is 24.1 Å². The maximum Gasteiger partial charge on any atom is 0.272 e. The van der Waals surface area contributed by atoms with E-state index in [2.05, 4.69) is 20.8 Å². The van der Waals surface area contributed by atoms with E-state index < -0.39 is 0 Å². The summed E-state index contributed by atoms with van der Waals surface area (Å²) in [6, 6.07) is 3.39. The Morgan fingerprint density at radius 3 is 2.74 bits per heavy atom. The first-order valence-corrected chi connectivity index (χ1v) is 6.02. The molecule has 6 heteroatoms. The number of carbonyl (C=O) groups is 2. The van der Waals surface area contributed by atoms with Gasteiger partial charge in [-0.25, -0.2) is 5.43 Å². The van der Waals surface area contributed by atoms with Crippen molar-refractivity contribution in [2.45, 2.75) is 33.2 Å². The molecule has 1 aromatic heterocycles. The minimum Gasteiger partial charge on any atom is -0.354 e. The molecule has 0 fully saturated rings. The minimum absolute atomic E-state index is 0.0882. The second kappa shape index (κ2) is 7.25. The van der Waals surface area contributed by atoms with Gasteiger partial charge >= 0.3 is 0 Å². The van der Waals surface area contributed by atoms with Gasteiger partial charge in [-0.1, -0.05) is 0 Å². The van der Waals surface area contributed by atoms with Crippen LogP contribution in [0.3, 0.4) is 0 Å². The molecule has 0 aliphatic heterocycles. The van der Waals surface area contributed by atoms with Gasteiger partial charge in [-0.2, -0.15) is 5.10 Å². The maximum absolute atomic E-state index is 11.7. The Kier molecular flexibility index (Phi) is 5.66. The third kappa shape index (κ3) is 5.76. The van der Waals surface area contributed by atoms with Crippen molar-refractivity contribution >= 4 is 17.5 Å². The number of carbonyl (C=O) groups excluding carboxylic acids is 2. The van der Waals surface area contributed by atoms with Crippen molar-refractivity contribution in [3.63, 3.8) is 0 Å². The smallest absolute Gasteiger partial charge is 0.272 e. The van der Waals surface area contributed by atoms with Crippen molar-refractivity contribution in [2.24, 2.45) is 5.10 Å². The van der Waals surface area contributed by atoms with Gasteiger partial charge in [0.15, 0.2) is 0 Å². The zero-order valence-corrected chi connectivity index (χ0v) is 11.3. The molecule has 1 rings (SSSR count). The van der Waals surface area contributed by atoms with Crippen molar-refractivity contribution in [3.05, 3.63) is 30.1 Å². The summed E-state index contributed by atoms with van der Waals surface area (Å²) in [4.78, 5) is 27.0. The molecule has 1 aromatic rings. The largest absolute Gasteiger partial charge is 0.354 e. The van der Waals surface area contributed by atoms with Crippen molar-refractivity contribution < 1.29 is 9.59 Å². The van der Waals surface area contributed by atoms with Crippen molar-refractivity contribution in [1.82, 2.24) is 15.7 Å². The van der Waals surface area contributed by atoms with Crippen LogP contribution in [0.4, 0.5) is 0 Å². The lowest BCUT2D eigenvalue weighted by molar-refractivity contribution is -0.120. The fraction of sp³-hybridized carbons (Fsp3) is 0.385. The molecule has 1 heterocycles. The van der Waals surface area contributed by atoms with Gasteiger partial charge in [-0.05, 0) is 32.9 Å². The lowest BCUT2D eigenvalue weighted by Gasteiger charge is -2.07. The highest BCUT2D eigenvalue weighted by Crippen LogP contribution is 1.95. The predicted molar refractivity (Wildman–Crippen MR) is 72.7 cm³/mol. The number of hydrogen-bond acceptors (Lipinski definition) is 4. The molecular formula is C13H18N4O2. The van der Waals surface area contributed by atoms with Gasteiger partial charge < -0.3 is 5.32 Å². The molecule has 19 heavy (non-hydrogen) atoms. The molecule has 2 N–H and O–H groups in total. The molecule has 0 spiro atoms. The number of pyridine rings is 1. The number of amides is 2. The van der Waals surface area contributed by atoms with E-state index in [1.165, 1.54) is 6.20 Å². The first-order chi connectivity index (χ1) is 8.99. The third-order valence-corrected chi connectivity index (χ3v) is 2.14. The van der Waals surface area contributed by atoms with Crippen LogP contribution >= 0.6 is 0 Å². The Morgan fingerprint density at radius 2 is 2.16 bits per heavy atom. The van der Waals surface area contributed by atoms with E-state index in [0.717, 1.165) is 0 Å². The summed E-state index contributed by atoms with van der Waals surface area (Å²) in [6.45, 7) is 5.45. The monoisotopic (exact) mass is 262 g/mol. The highest BCUT2D eigenvalue weighted by molar-refractivity contribution is 6.01. The molecule has 0 unspecified atom stereocenters. The highest BCUT2D eigenvalue weighted by atomic mass is 16.2. The highest BCUT2D eigenvalue weighted by Gasteiger charge is 2.07. The fourth-order valence-electron chi connectivity index (χ4n) is 1.35. The standard InChI is InChI=1S/C13H18N4O2/c1-9(2)15-12(18)7-10(3)16-17-13(19)11-5-4-6-14-8-11/h4-6,8-9H,7H2,1-3H3,(H,15,18)(H,17,19)/b16-10-. The first kappa shape index (κ1) is 14.8. The summed E-state index contributed by atoms with van der Waals surface area (Å²) in [5.41, 5.74) is 3.35. The molecule has 0 saturated heterocycles. The molecule has 6 nitrogen and oxygen atoms in total. The maximum atomic E-state index is 11.7. The average Bonchev–Trinajstić information content (AvgIpc) is 2.36. The Bertz CT molecular complexity index is 469. The molecule has 0 aromatic carbocycles. The summed E-state index contributed by atoms with van der Waals surface area (Å²) < 4.78 is 0. The number of aromatic nitrogens is 1. The summed E-state index contributed by atoms with van der Waals surface area (Å²) in [5, 5.41) is 6.63. The van der Waals surface area contributed by atoms with Crippen LogP contribution in [-0.4, -0.2) is 28.6 Å². The lowest BCUT2D eigenvalue weighted by Crippen LogP contribution is -2.31. The zero-order chi connectivity index (χ0) is 14.3. The molecule has 0 aliphatic rings. The second-order valence-corrected chi connectivity index (χ2v) is 4.43. The van der Waals surface area contributed by atoms with E-state index in [0.29, 0.717) is 11.3 Å². The van der Waals surface area contributed by atoms with Crippen LogP contribution in [-0.2, 0) is 4.79 Å². The summed E-state index contributed by atoms with van der Waals surface area (Å²) >= 11 is 0. The average molecular weight is 262 g/mol. The molecule has 0 bridgehead atoms. The molecule has 2 amide bonds. The summed E-state index contributed by atoms with van der Waals surface area (Å²) in [5.74, 6) is -0.469. The lowest BCUT2D eigenvalue weighted by atomic mass is 10.2. The van der Waals surface area contributed by atoms with E-state index in [4.69, 9.17) is 0 Å². The van der Waals surface area contributed by atoms with Crippen LogP contribution in [0, 0.1) is 0 Å². The van der Waals surface area contributed by atoms with Crippen LogP contribution in [0.2, 0.25) is 0 Å². The van der Waals surface area contributed by atoms with E-state index in [9.17, 15) is 9.59 Å². The number of hydrogen-bond donors (Lipinski definition) is 2. The van der Waals surface area contributed by atoms with Crippen LogP contribution in [0.1, 0.15) is 37.6 Å². The second-order valence-electron chi connectivity index (χ2n) is 4.43. The van der Waals surface area contributed by atoms with Crippen molar-refractivity contribution in [3.8, 4) is 0 Å². The summed E-state index contributed by atoms with van der Waals surface area (Å²) in [7, 11) is 0.